The van der Waals surface area contributed by atoms with Gasteiger partial charge in [-0.2, -0.15) is 9.97 Å². The average Bonchev–Trinajstić information content (AvgIpc) is 3.52. The fourth-order valence-electron chi connectivity index (χ4n) is 4.71. The molecule has 0 radical (unpaired) electrons. The molecule has 18 nitrogen and oxygen atoms in total. The molecular formula is C24H37N8O10PS. The predicted octanol–water partition coefficient (Wildman–Crippen LogP) is 0.106. The molecule has 0 aliphatic carbocycles. The van der Waals surface area contributed by atoms with Gasteiger partial charge in [-0.15, -0.1) is 0 Å². The van der Waals surface area contributed by atoms with E-state index >= 15 is 0 Å². The van der Waals surface area contributed by atoms with Crippen molar-refractivity contribution in [2.75, 3.05) is 39.3 Å². The Bertz CT molecular complexity index is 1470. The molecule has 2 unspecified atom stereocenters. The number of urea groups is 1. The first kappa shape index (κ1) is 33.8. The van der Waals surface area contributed by atoms with E-state index in [1.807, 2.05) is 0 Å². The van der Waals surface area contributed by atoms with Gasteiger partial charge < -0.3 is 39.6 Å². The van der Waals surface area contributed by atoms with E-state index in [4.69, 9.17) is 24.5 Å². The Kier molecular flexibility index (Phi) is 9.80. The maximum atomic E-state index is 14.1. The molecule has 2 aromatic rings. The van der Waals surface area contributed by atoms with Gasteiger partial charge >= 0.3 is 18.7 Å². The third-order valence-corrected chi connectivity index (χ3v) is 11.2. The van der Waals surface area contributed by atoms with Crippen LogP contribution in [0.25, 0.3) is 11.2 Å². The highest BCUT2D eigenvalue weighted by Crippen LogP contribution is 2.57. The summed E-state index contributed by atoms with van der Waals surface area (Å²) in [6.07, 6.45) is -3.16. The molecule has 5 N–H and O–H groups in total. The number of rotatable bonds is 12. The molecule has 44 heavy (non-hydrogen) atoms. The number of fused-ring (bicyclic) bond motifs is 1. The Hall–Kier alpha value is -3.06. The number of carbonyl (C=O) groups is 3. The number of aromatic nitrogens is 4. The van der Waals surface area contributed by atoms with Gasteiger partial charge in [-0.1, -0.05) is 11.4 Å². The number of nitrogens with one attached hydrogen (secondary N) is 1. The Morgan fingerprint density at radius 2 is 1.98 bits per heavy atom. The van der Waals surface area contributed by atoms with Crippen LogP contribution in [0.5, 0.6) is 5.88 Å². The van der Waals surface area contributed by atoms with Gasteiger partial charge in [0, 0.05) is 19.8 Å². The molecule has 0 aromatic carbocycles. The largest absolute Gasteiger partial charge is 0.479 e. The molecule has 0 saturated carbocycles. The lowest BCUT2D eigenvalue weighted by atomic mass is 9.96. The molecule has 2 aliphatic rings. The van der Waals surface area contributed by atoms with E-state index < -0.39 is 73.5 Å². The normalized spacial score (nSPS) is 27.8. The molecule has 2 aromatic heterocycles. The fraction of sp³-hybridized carbons (Fsp3) is 0.667. The lowest BCUT2D eigenvalue weighted by Gasteiger charge is -2.27. The molecule has 2 aliphatic heterocycles. The number of nitrogens with two attached hydrogens (primary N) is 1. The van der Waals surface area contributed by atoms with Crippen LogP contribution < -0.4 is 15.6 Å². The summed E-state index contributed by atoms with van der Waals surface area (Å²) in [5.74, 6) is -1.36. The van der Waals surface area contributed by atoms with Crippen LogP contribution in [0, 0.1) is 0 Å². The molecule has 7 atom stereocenters. The maximum absolute atomic E-state index is 14.1. The number of hydrogen-bond donors (Lipinski definition) is 4. The number of imidazole rings is 1. The average molecular weight is 661 g/mol. The molecule has 2 saturated heterocycles. The smallest absolute Gasteiger partial charge is 0.327 e. The minimum absolute atomic E-state index is 0.0951. The summed E-state index contributed by atoms with van der Waals surface area (Å²) >= 11 is 0.701. The SMILES string of the molecule is COc1nc(N)nc2c1ncn2[C@@H]1OC(CO[P@](=O)(N[C@H](C)C(=O)OC(C)C)SCC2C(=O)N(C)C(=O)N2C)[C@@H](O)[C@@]1(C)O. The van der Waals surface area contributed by atoms with Crippen molar-refractivity contribution in [3.63, 3.8) is 0 Å². The number of likely N-dealkylation sites (N-methyl/N-ethyl adjacent to an activating group) is 2. The number of imide groups is 1. The minimum Gasteiger partial charge on any atom is -0.479 e. The molecule has 244 valence electrons. The number of anilines is 1. The van der Waals surface area contributed by atoms with Gasteiger partial charge in [0.2, 0.25) is 11.8 Å². The Morgan fingerprint density at radius 3 is 2.57 bits per heavy atom. The third kappa shape index (κ3) is 6.49. The molecule has 2 fully saturated rings. The highest BCUT2D eigenvalue weighted by Gasteiger charge is 2.54. The predicted molar refractivity (Wildman–Crippen MR) is 156 cm³/mol. The van der Waals surface area contributed by atoms with Crippen molar-refractivity contribution in [2.45, 2.75) is 69.9 Å². The first-order valence-electron chi connectivity index (χ1n) is 13.5. The number of aliphatic hydroxyl groups excluding tert-OH is 1. The number of nitrogen functional groups attached to an aromatic ring is 1. The Morgan fingerprint density at radius 1 is 1.30 bits per heavy atom. The third-order valence-electron chi connectivity index (χ3n) is 7.15. The Balaban J connectivity index is 1.55. The van der Waals surface area contributed by atoms with Gasteiger partial charge in [-0.3, -0.25) is 23.6 Å². The monoisotopic (exact) mass is 660 g/mol. The molecule has 3 amide bonds. The van der Waals surface area contributed by atoms with Crippen molar-refractivity contribution in [3.8, 4) is 5.88 Å². The topological polar surface area (TPSA) is 234 Å². The number of esters is 1. The summed E-state index contributed by atoms with van der Waals surface area (Å²) in [5.41, 5.74) is 4.28. The van der Waals surface area contributed by atoms with E-state index in [1.54, 1.807) is 13.8 Å². The van der Waals surface area contributed by atoms with Gasteiger partial charge in [0.05, 0.1) is 26.1 Å². The second-order valence-electron chi connectivity index (χ2n) is 10.8. The highest BCUT2D eigenvalue weighted by molar-refractivity contribution is 8.56. The van der Waals surface area contributed by atoms with E-state index in [-0.39, 0.29) is 28.7 Å². The van der Waals surface area contributed by atoms with Crippen LogP contribution in [0.4, 0.5) is 10.7 Å². The molecular weight excluding hydrogens is 623 g/mol. The molecule has 0 spiro atoms. The van der Waals surface area contributed by atoms with Crippen LogP contribution in [0.2, 0.25) is 0 Å². The zero-order chi connectivity index (χ0) is 32.7. The fourth-order valence-corrected chi connectivity index (χ4v) is 8.68. The van der Waals surface area contributed by atoms with E-state index in [1.165, 1.54) is 50.8 Å². The van der Waals surface area contributed by atoms with Crippen molar-refractivity contribution >= 4 is 53.1 Å². The summed E-state index contributed by atoms with van der Waals surface area (Å²) in [6, 6.07) is -2.56. The van der Waals surface area contributed by atoms with Crippen molar-refractivity contribution < 1.29 is 47.9 Å². The van der Waals surface area contributed by atoms with Gasteiger partial charge in [-0.25, -0.2) is 14.9 Å². The van der Waals surface area contributed by atoms with E-state index in [9.17, 15) is 29.2 Å². The number of methoxy groups -OCH3 is 1. The summed E-state index contributed by atoms with van der Waals surface area (Å²) in [5, 5.41) is 25.0. The number of carbonyl (C=O) groups excluding carboxylic acids is 3. The van der Waals surface area contributed by atoms with Gasteiger partial charge in [0.25, 0.3) is 5.91 Å². The highest BCUT2D eigenvalue weighted by atomic mass is 32.7. The van der Waals surface area contributed by atoms with Crippen molar-refractivity contribution in [3.05, 3.63) is 6.33 Å². The van der Waals surface area contributed by atoms with Crippen LogP contribution in [-0.4, -0.2) is 127 Å². The van der Waals surface area contributed by atoms with Crippen molar-refractivity contribution in [2.24, 2.45) is 0 Å². The van der Waals surface area contributed by atoms with Crippen LogP contribution in [-0.2, 0) is 28.2 Å². The Labute approximate surface area is 256 Å². The molecule has 4 heterocycles. The number of amides is 3. The second-order valence-corrected chi connectivity index (χ2v) is 15.2. The van der Waals surface area contributed by atoms with Crippen molar-refractivity contribution in [1.29, 1.82) is 0 Å². The van der Waals surface area contributed by atoms with E-state index in [0.717, 1.165) is 4.90 Å². The zero-order valence-corrected chi connectivity index (χ0v) is 26.9. The maximum Gasteiger partial charge on any atom is 0.327 e. The van der Waals surface area contributed by atoms with Crippen LogP contribution in [0.1, 0.15) is 33.9 Å². The minimum atomic E-state index is -4.06. The van der Waals surface area contributed by atoms with E-state index in [2.05, 4.69) is 20.0 Å². The first-order valence-corrected chi connectivity index (χ1v) is 16.7. The zero-order valence-electron chi connectivity index (χ0n) is 25.2. The summed E-state index contributed by atoms with van der Waals surface area (Å²) in [7, 11) is 4.16. The number of hydrogen-bond acceptors (Lipinski definition) is 15. The second kappa shape index (κ2) is 12.7. The van der Waals surface area contributed by atoms with Gasteiger partial charge in [-0.05, 0) is 27.7 Å². The summed E-state index contributed by atoms with van der Waals surface area (Å²) in [6.45, 7) is 1.50. The number of nitrogens with zero attached hydrogens (tertiary/aromatic N) is 6. The number of ether oxygens (including phenoxy) is 3. The molecule has 0 bridgehead atoms. The molecule has 4 rings (SSSR count). The standard InChI is InChI=1S/C24H37N8O10PS/c1-11(2)41-20(35)12(3)29-43(38,44-9-13-19(34)31(6)23(36)30(13)5)40-8-14-16(33)24(4,37)21(42-14)32-10-26-15-17(32)27-22(25)28-18(15)39-7/h10-14,16,21,33,37H,8-9H2,1-7H3,(H,29,38)(H2,25,27,28)/t12-,13?,14?,16-,21-,24-,43-/m1/s1. The molecule has 20 heteroatoms. The summed E-state index contributed by atoms with van der Waals surface area (Å²) in [4.78, 5) is 51.9. The van der Waals surface area contributed by atoms with Crippen LogP contribution in [0.3, 0.4) is 0 Å². The number of aliphatic hydroxyl groups is 2. The summed E-state index contributed by atoms with van der Waals surface area (Å²) < 4.78 is 37.6. The lowest BCUT2D eigenvalue weighted by Crippen LogP contribution is -2.44. The van der Waals surface area contributed by atoms with Gasteiger partial charge in [0.15, 0.2) is 17.4 Å². The first-order chi connectivity index (χ1) is 20.5. The van der Waals surface area contributed by atoms with Crippen molar-refractivity contribution in [1.82, 2.24) is 34.4 Å². The quantitative estimate of drug-likeness (QED) is 0.134. The van der Waals surface area contributed by atoms with Gasteiger partial charge in [0.1, 0.15) is 29.9 Å². The van der Waals surface area contributed by atoms with E-state index in [0.29, 0.717) is 11.4 Å². The van der Waals surface area contributed by atoms with Crippen LogP contribution >= 0.6 is 18.1 Å². The lowest BCUT2D eigenvalue weighted by molar-refractivity contribution is -0.149. The van der Waals surface area contributed by atoms with Crippen LogP contribution in [0.15, 0.2) is 6.33 Å².